The van der Waals surface area contributed by atoms with Gasteiger partial charge < -0.3 is 13.7 Å². The van der Waals surface area contributed by atoms with Crippen LogP contribution in [-0.2, 0) is 0 Å². The maximum Gasteiger partial charge on any atom is 0.227 e. The van der Waals surface area contributed by atoms with Gasteiger partial charge in [-0.3, -0.25) is 0 Å². The van der Waals surface area contributed by atoms with E-state index in [0.717, 1.165) is 77.6 Å². The molecule has 0 amide bonds. The minimum atomic E-state index is 0.618. The van der Waals surface area contributed by atoms with Crippen LogP contribution in [0.5, 0.6) is 0 Å². The lowest BCUT2D eigenvalue weighted by Crippen LogP contribution is -2.11. The van der Waals surface area contributed by atoms with E-state index in [1.807, 2.05) is 48.5 Å². The number of nitrogens with zero attached hydrogens (tertiary/aromatic N) is 2. The summed E-state index contributed by atoms with van der Waals surface area (Å²) < 4.78 is 12.7. The molecule has 4 nitrogen and oxygen atoms in total. The van der Waals surface area contributed by atoms with Gasteiger partial charge in [0.2, 0.25) is 5.89 Å². The van der Waals surface area contributed by atoms with Crippen LogP contribution in [0.25, 0.3) is 66.4 Å². The molecule has 0 aliphatic heterocycles. The Kier molecular flexibility index (Phi) is 5.78. The first-order chi connectivity index (χ1) is 22.3. The average Bonchev–Trinajstić information content (AvgIpc) is 3.72. The molecule has 2 aromatic heterocycles. The maximum atomic E-state index is 6.46. The SMILES string of the molecule is c1ccc(-c2nc3ccc4ccc(N(c5ccc6oc7ccccc7c6c5)c5ccccc5-c5ccccc5)cc4c3o2)cc1. The third-order valence-corrected chi connectivity index (χ3v) is 8.48. The Labute approximate surface area is 259 Å². The summed E-state index contributed by atoms with van der Waals surface area (Å²) in [6, 6.07) is 54.5. The lowest BCUT2D eigenvalue weighted by atomic mass is 10.0. The first-order valence-corrected chi connectivity index (χ1v) is 15.0. The molecule has 0 aliphatic rings. The van der Waals surface area contributed by atoms with Crippen LogP contribution >= 0.6 is 0 Å². The molecule has 0 saturated carbocycles. The molecule has 0 radical (unpaired) electrons. The van der Waals surface area contributed by atoms with Crippen molar-refractivity contribution >= 4 is 60.9 Å². The van der Waals surface area contributed by atoms with Crippen LogP contribution in [0.2, 0.25) is 0 Å². The van der Waals surface area contributed by atoms with Gasteiger partial charge in [0, 0.05) is 38.7 Å². The Morgan fingerprint density at radius 3 is 1.96 bits per heavy atom. The predicted octanol–water partition coefficient (Wildman–Crippen LogP) is 11.7. The standard InChI is InChI=1S/C41H26N2O2/c1-3-11-27(12-4-1)32-15-7-9-17-37(32)43(31-22-24-39-35(26-31)33-16-8-10-18-38(33)44-39)30-21-19-28-20-23-36-40(34(28)25-30)45-41(42-36)29-13-5-2-6-14-29/h1-26H. The smallest absolute Gasteiger partial charge is 0.227 e. The third kappa shape index (κ3) is 4.27. The number of benzene rings is 7. The molecule has 0 atom stereocenters. The number of anilines is 3. The molecule has 45 heavy (non-hydrogen) atoms. The molecule has 0 aliphatic carbocycles. The van der Waals surface area contributed by atoms with Crippen molar-refractivity contribution in [1.29, 1.82) is 0 Å². The molecule has 7 aromatic carbocycles. The van der Waals surface area contributed by atoms with E-state index in [0.29, 0.717) is 5.89 Å². The molecule has 212 valence electrons. The van der Waals surface area contributed by atoms with Crippen molar-refractivity contribution < 1.29 is 8.83 Å². The fraction of sp³-hybridized carbons (Fsp3) is 0. The van der Waals surface area contributed by atoms with Gasteiger partial charge in [-0.1, -0.05) is 97.1 Å². The Balaban J connectivity index is 1.29. The number of rotatable bonds is 5. The van der Waals surface area contributed by atoms with Crippen LogP contribution < -0.4 is 4.90 Å². The first-order valence-electron chi connectivity index (χ1n) is 15.0. The Hall–Kier alpha value is -6.13. The van der Waals surface area contributed by atoms with E-state index >= 15 is 0 Å². The van der Waals surface area contributed by atoms with E-state index in [4.69, 9.17) is 13.8 Å². The number of aromatic nitrogens is 1. The van der Waals surface area contributed by atoms with Gasteiger partial charge in [0.05, 0.1) is 5.69 Å². The van der Waals surface area contributed by atoms with Crippen molar-refractivity contribution in [3.8, 4) is 22.6 Å². The molecular weight excluding hydrogens is 552 g/mol. The quantitative estimate of drug-likeness (QED) is 0.204. The number of furan rings is 1. The highest BCUT2D eigenvalue weighted by atomic mass is 16.3. The fourth-order valence-corrected chi connectivity index (χ4v) is 6.35. The molecular formula is C41H26N2O2. The van der Waals surface area contributed by atoms with Crippen molar-refractivity contribution in [3.63, 3.8) is 0 Å². The van der Waals surface area contributed by atoms with Crippen molar-refractivity contribution in [1.82, 2.24) is 4.98 Å². The van der Waals surface area contributed by atoms with Gasteiger partial charge in [-0.2, -0.15) is 0 Å². The lowest BCUT2D eigenvalue weighted by molar-refractivity contribution is 0.623. The van der Waals surface area contributed by atoms with Crippen molar-refractivity contribution in [2.45, 2.75) is 0 Å². The highest BCUT2D eigenvalue weighted by molar-refractivity contribution is 6.08. The first kappa shape index (κ1) is 25.4. The van der Waals surface area contributed by atoms with Gasteiger partial charge in [-0.15, -0.1) is 0 Å². The summed E-state index contributed by atoms with van der Waals surface area (Å²) in [4.78, 5) is 7.17. The Morgan fingerprint density at radius 1 is 0.467 bits per heavy atom. The number of para-hydroxylation sites is 2. The number of fused-ring (bicyclic) bond motifs is 6. The molecule has 4 heteroatoms. The van der Waals surface area contributed by atoms with Crippen LogP contribution in [-0.4, -0.2) is 4.98 Å². The molecule has 9 rings (SSSR count). The normalized spacial score (nSPS) is 11.6. The Morgan fingerprint density at radius 2 is 1.11 bits per heavy atom. The molecule has 0 bridgehead atoms. The van der Waals surface area contributed by atoms with Crippen molar-refractivity contribution in [2.24, 2.45) is 0 Å². The third-order valence-electron chi connectivity index (χ3n) is 8.48. The molecule has 0 fully saturated rings. The second kappa shape index (κ2) is 10.2. The van der Waals surface area contributed by atoms with Gasteiger partial charge in [-0.05, 0) is 71.6 Å². The highest BCUT2D eigenvalue weighted by Crippen LogP contribution is 2.44. The second-order valence-electron chi connectivity index (χ2n) is 11.2. The highest BCUT2D eigenvalue weighted by Gasteiger charge is 2.20. The molecule has 9 aromatic rings. The van der Waals surface area contributed by atoms with E-state index < -0.39 is 0 Å². The lowest BCUT2D eigenvalue weighted by Gasteiger charge is -2.28. The van der Waals surface area contributed by atoms with Crippen LogP contribution in [0.3, 0.4) is 0 Å². The van der Waals surface area contributed by atoms with E-state index in [-0.39, 0.29) is 0 Å². The summed E-state index contributed by atoms with van der Waals surface area (Å²) in [5.74, 6) is 0.618. The van der Waals surface area contributed by atoms with Crippen molar-refractivity contribution in [3.05, 3.63) is 158 Å². The molecule has 0 spiro atoms. The van der Waals surface area contributed by atoms with Crippen LogP contribution in [0.4, 0.5) is 17.1 Å². The maximum absolute atomic E-state index is 6.46. The van der Waals surface area contributed by atoms with Crippen LogP contribution in [0.15, 0.2) is 167 Å². The van der Waals surface area contributed by atoms with Crippen molar-refractivity contribution in [2.75, 3.05) is 4.90 Å². The predicted molar refractivity (Wildman–Crippen MR) is 184 cm³/mol. The van der Waals surface area contributed by atoms with Gasteiger partial charge >= 0.3 is 0 Å². The summed E-state index contributed by atoms with van der Waals surface area (Å²) in [5.41, 5.74) is 9.73. The monoisotopic (exact) mass is 578 g/mol. The zero-order valence-electron chi connectivity index (χ0n) is 24.2. The average molecular weight is 579 g/mol. The van der Waals surface area contributed by atoms with Gasteiger partial charge in [-0.25, -0.2) is 4.98 Å². The van der Waals surface area contributed by atoms with Gasteiger partial charge in [0.15, 0.2) is 5.58 Å². The largest absolute Gasteiger partial charge is 0.456 e. The zero-order chi connectivity index (χ0) is 29.7. The molecule has 0 saturated heterocycles. The number of hydrogen-bond donors (Lipinski definition) is 0. The van der Waals surface area contributed by atoms with E-state index in [2.05, 4.69) is 114 Å². The summed E-state index contributed by atoms with van der Waals surface area (Å²) in [6.45, 7) is 0. The van der Waals surface area contributed by atoms with Gasteiger partial charge in [0.1, 0.15) is 16.7 Å². The topological polar surface area (TPSA) is 42.4 Å². The van der Waals surface area contributed by atoms with Crippen LogP contribution in [0.1, 0.15) is 0 Å². The summed E-state index contributed by atoms with van der Waals surface area (Å²) in [6.07, 6.45) is 0. The van der Waals surface area contributed by atoms with Crippen LogP contribution in [0, 0.1) is 0 Å². The van der Waals surface area contributed by atoms with E-state index in [9.17, 15) is 0 Å². The Bertz CT molecular complexity index is 2490. The summed E-state index contributed by atoms with van der Waals surface area (Å²) in [7, 11) is 0. The molecule has 0 unspecified atom stereocenters. The minimum Gasteiger partial charge on any atom is -0.456 e. The van der Waals surface area contributed by atoms with E-state index in [1.54, 1.807) is 0 Å². The number of oxazole rings is 1. The van der Waals surface area contributed by atoms with Gasteiger partial charge in [0.25, 0.3) is 0 Å². The summed E-state index contributed by atoms with van der Waals surface area (Å²) in [5, 5.41) is 4.28. The number of hydrogen-bond acceptors (Lipinski definition) is 4. The van der Waals surface area contributed by atoms with E-state index in [1.165, 1.54) is 0 Å². The summed E-state index contributed by atoms with van der Waals surface area (Å²) >= 11 is 0. The molecule has 0 N–H and O–H groups in total. The second-order valence-corrected chi connectivity index (χ2v) is 11.2. The fourth-order valence-electron chi connectivity index (χ4n) is 6.35. The zero-order valence-corrected chi connectivity index (χ0v) is 24.2. The minimum absolute atomic E-state index is 0.618. The molecule has 2 heterocycles.